The molecule has 0 atom stereocenters. The Morgan fingerprint density at radius 2 is 2.18 bits per heavy atom. The van der Waals surface area contributed by atoms with Gasteiger partial charge in [-0.2, -0.15) is 0 Å². The lowest BCUT2D eigenvalue weighted by atomic mass is 10.3. The number of anilines is 2. The van der Waals surface area contributed by atoms with Gasteiger partial charge in [0.25, 0.3) is 0 Å². The minimum absolute atomic E-state index is 0.0662. The number of aliphatic hydroxyl groups is 1. The van der Waals surface area contributed by atoms with E-state index < -0.39 is 0 Å². The molecule has 0 radical (unpaired) electrons. The van der Waals surface area contributed by atoms with E-state index in [1.165, 1.54) is 13.4 Å². The Kier molecular flexibility index (Phi) is 5.48. The van der Waals surface area contributed by atoms with E-state index in [4.69, 9.17) is 15.6 Å². The first-order valence-electron chi connectivity index (χ1n) is 5.74. The molecule has 0 saturated heterocycles. The standard InChI is InChI=1S/C11H20N4O2/c1-3-4-5-15(6-7-16)11-9(17-2)10(12)13-8-14-11/h8,16H,3-7H2,1-2H3,(H2,12,13,14). The topological polar surface area (TPSA) is 84.5 Å². The van der Waals surface area contributed by atoms with Crippen molar-refractivity contribution >= 4 is 11.6 Å². The molecule has 0 bridgehead atoms. The maximum Gasteiger partial charge on any atom is 0.204 e. The Hall–Kier alpha value is -1.56. The highest BCUT2D eigenvalue weighted by Gasteiger charge is 2.15. The molecule has 1 aromatic heterocycles. The van der Waals surface area contributed by atoms with E-state index in [0.29, 0.717) is 23.9 Å². The van der Waals surface area contributed by atoms with Gasteiger partial charge < -0.3 is 20.5 Å². The smallest absolute Gasteiger partial charge is 0.204 e. The van der Waals surface area contributed by atoms with Crippen molar-refractivity contribution in [1.29, 1.82) is 0 Å². The molecule has 0 aliphatic rings. The predicted octanol–water partition coefficient (Wildman–Crippen LogP) is 0.666. The number of unbranched alkanes of at least 4 members (excludes halogenated alkanes) is 1. The first-order valence-corrected chi connectivity index (χ1v) is 5.74. The summed E-state index contributed by atoms with van der Waals surface area (Å²) in [7, 11) is 1.54. The van der Waals surface area contributed by atoms with Crippen LogP contribution in [-0.4, -0.2) is 41.9 Å². The van der Waals surface area contributed by atoms with Crippen LogP contribution in [0.15, 0.2) is 6.33 Å². The molecule has 0 aromatic carbocycles. The summed E-state index contributed by atoms with van der Waals surface area (Å²) in [5, 5.41) is 9.07. The summed E-state index contributed by atoms with van der Waals surface area (Å²) >= 11 is 0. The van der Waals surface area contributed by atoms with Crippen molar-refractivity contribution in [3.05, 3.63) is 6.33 Å². The Morgan fingerprint density at radius 3 is 2.76 bits per heavy atom. The van der Waals surface area contributed by atoms with Gasteiger partial charge in [0, 0.05) is 13.1 Å². The fourth-order valence-electron chi connectivity index (χ4n) is 1.59. The lowest BCUT2D eigenvalue weighted by molar-refractivity contribution is 0.300. The zero-order chi connectivity index (χ0) is 12.7. The molecule has 0 unspecified atom stereocenters. The summed E-state index contributed by atoms with van der Waals surface area (Å²) in [6.07, 6.45) is 3.50. The van der Waals surface area contributed by atoms with Crippen molar-refractivity contribution in [2.75, 3.05) is 37.4 Å². The van der Waals surface area contributed by atoms with Crippen LogP contribution < -0.4 is 15.4 Å². The zero-order valence-corrected chi connectivity index (χ0v) is 10.4. The molecule has 1 rings (SSSR count). The quantitative estimate of drug-likeness (QED) is 0.728. The highest BCUT2D eigenvalue weighted by atomic mass is 16.5. The lowest BCUT2D eigenvalue weighted by Crippen LogP contribution is -2.29. The van der Waals surface area contributed by atoms with Crippen LogP contribution in [0, 0.1) is 0 Å². The zero-order valence-electron chi connectivity index (χ0n) is 10.4. The summed E-state index contributed by atoms with van der Waals surface area (Å²) in [4.78, 5) is 10.0. The van der Waals surface area contributed by atoms with E-state index in [0.717, 1.165) is 19.4 Å². The second-order valence-corrected chi connectivity index (χ2v) is 3.68. The Morgan fingerprint density at radius 1 is 1.41 bits per heavy atom. The number of aliphatic hydroxyl groups excluding tert-OH is 1. The van der Waals surface area contributed by atoms with Crippen molar-refractivity contribution in [2.45, 2.75) is 19.8 Å². The largest absolute Gasteiger partial charge is 0.490 e. The minimum Gasteiger partial charge on any atom is -0.490 e. The van der Waals surface area contributed by atoms with Crippen molar-refractivity contribution in [1.82, 2.24) is 9.97 Å². The van der Waals surface area contributed by atoms with Gasteiger partial charge in [-0.25, -0.2) is 9.97 Å². The third-order valence-corrected chi connectivity index (χ3v) is 2.47. The third-order valence-electron chi connectivity index (χ3n) is 2.47. The summed E-state index contributed by atoms with van der Waals surface area (Å²) in [6.45, 7) is 3.50. The van der Waals surface area contributed by atoms with Crippen molar-refractivity contribution in [2.24, 2.45) is 0 Å². The molecule has 3 N–H and O–H groups in total. The third kappa shape index (κ3) is 3.45. The number of hydrogen-bond donors (Lipinski definition) is 2. The molecular formula is C11H20N4O2. The van der Waals surface area contributed by atoms with Gasteiger partial charge in [-0.1, -0.05) is 13.3 Å². The molecule has 0 aliphatic heterocycles. The van der Waals surface area contributed by atoms with E-state index in [2.05, 4.69) is 16.9 Å². The van der Waals surface area contributed by atoms with Gasteiger partial charge in [0.2, 0.25) is 5.75 Å². The van der Waals surface area contributed by atoms with Crippen LogP contribution >= 0.6 is 0 Å². The van der Waals surface area contributed by atoms with Crippen LogP contribution in [0.25, 0.3) is 0 Å². The number of rotatable bonds is 7. The Bertz CT molecular complexity index is 346. The van der Waals surface area contributed by atoms with Gasteiger partial charge in [0.1, 0.15) is 6.33 Å². The molecule has 0 spiro atoms. The molecule has 1 heterocycles. The van der Waals surface area contributed by atoms with E-state index >= 15 is 0 Å². The molecule has 1 aromatic rings. The van der Waals surface area contributed by atoms with Crippen molar-refractivity contribution < 1.29 is 9.84 Å². The first-order chi connectivity index (χ1) is 8.24. The van der Waals surface area contributed by atoms with Crippen molar-refractivity contribution in [3.8, 4) is 5.75 Å². The van der Waals surface area contributed by atoms with E-state index in [-0.39, 0.29) is 6.61 Å². The number of nitrogens with zero attached hydrogens (tertiary/aromatic N) is 3. The van der Waals surface area contributed by atoms with Crippen LogP contribution in [0.2, 0.25) is 0 Å². The SMILES string of the molecule is CCCCN(CCO)c1ncnc(N)c1OC. The van der Waals surface area contributed by atoms with Gasteiger partial charge in [0.15, 0.2) is 11.6 Å². The molecule has 96 valence electrons. The number of hydrogen-bond acceptors (Lipinski definition) is 6. The molecule has 6 heteroatoms. The molecule has 17 heavy (non-hydrogen) atoms. The molecule has 0 saturated carbocycles. The van der Waals surface area contributed by atoms with Gasteiger partial charge >= 0.3 is 0 Å². The van der Waals surface area contributed by atoms with E-state index in [1.54, 1.807) is 0 Å². The Balaban J connectivity index is 2.95. The molecule has 6 nitrogen and oxygen atoms in total. The highest BCUT2D eigenvalue weighted by molar-refractivity contribution is 5.62. The van der Waals surface area contributed by atoms with Crippen LogP contribution in [-0.2, 0) is 0 Å². The predicted molar refractivity (Wildman–Crippen MR) is 67.2 cm³/mol. The van der Waals surface area contributed by atoms with Crippen LogP contribution in [0.1, 0.15) is 19.8 Å². The monoisotopic (exact) mass is 240 g/mol. The highest BCUT2D eigenvalue weighted by Crippen LogP contribution is 2.29. The Labute approximate surface area is 101 Å². The fraction of sp³-hybridized carbons (Fsp3) is 0.636. The lowest BCUT2D eigenvalue weighted by Gasteiger charge is -2.24. The summed E-state index contributed by atoms with van der Waals surface area (Å²) in [5.41, 5.74) is 5.73. The fourth-order valence-corrected chi connectivity index (χ4v) is 1.59. The second-order valence-electron chi connectivity index (χ2n) is 3.68. The molecule has 0 fully saturated rings. The van der Waals surface area contributed by atoms with Crippen LogP contribution in [0.4, 0.5) is 11.6 Å². The molecule has 0 aliphatic carbocycles. The maximum atomic E-state index is 9.07. The minimum atomic E-state index is 0.0662. The van der Waals surface area contributed by atoms with Gasteiger partial charge in [-0.3, -0.25) is 0 Å². The number of nitrogens with two attached hydrogens (primary N) is 1. The maximum absolute atomic E-state index is 9.07. The summed E-state index contributed by atoms with van der Waals surface area (Å²) in [6, 6.07) is 0. The van der Waals surface area contributed by atoms with E-state index in [1.807, 2.05) is 4.90 Å². The van der Waals surface area contributed by atoms with Gasteiger partial charge in [-0.15, -0.1) is 0 Å². The normalized spacial score (nSPS) is 10.3. The molecular weight excluding hydrogens is 220 g/mol. The number of nitrogen functional groups attached to an aromatic ring is 1. The number of ether oxygens (including phenoxy) is 1. The average Bonchev–Trinajstić information content (AvgIpc) is 2.34. The summed E-state index contributed by atoms with van der Waals surface area (Å²) in [5.74, 6) is 1.43. The van der Waals surface area contributed by atoms with Gasteiger partial charge in [0.05, 0.1) is 13.7 Å². The average molecular weight is 240 g/mol. The van der Waals surface area contributed by atoms with Crippen LogP contribution in [0.3, 0.4) is 0 Å². The first kappa shape index (κ1) is 13.5. The second kappa shape index (κ2) is 6.90. The number of aromatic nitrogens is 2. The van der Waals surface area contributed by atoms with Crippen molar-refractivity contribution in [3.63, 3.8) is 0 Å². The van der Waals surface area contributed by atoms with Gasteiger partial charge in [-0.05, 0) is 6.42 Å². The van der Waals surface area contributed by atoms with E-state index in [9.17, 15) is 0 Å². The summed E-state index contributed by atoms with van der Waals surface area (Å²) < 4.78 is 5.21. The number of methoxy groups -OCH3 is 1. The van der Waals surface area contributed by atoms with Crippen LogP contribution in [0.5, 0.6) is 5.75 Å². The molecule has 0 amide bonds.